The van der Waals surface area contributed by atoms with Gasteiger partial charge in [0, 0.05) is 32.3 Å². The molecule has 1 aromatic rings. The van der Waals surface area contributed by atoms with Gasteiger partial charge >= 0.3 is 0 Å². The van der Waals surface area contributed by atoms with Crippen LogP contribution in [0.5, 0.6) is 0 Å². The van der Waals surface area contributed by atoms with Gasteiger partial charge in [-0.15, -0.1) is 0 Å². The predicted octanol–water partition coefficient (Wildman–Crippen LogP) is 2.05. The van der Waals surface area contributed by atoms with E-state index in [0.29, 0.717) is 25.0 Å². The Morgan fingerprint density at radius 3 is 2.72 bits per heavy atom. The molecule has 0 radical (unpaired) electrons. The summed E-state index contributed by atoms with van der Waals surface area (Å²) in [5.41, 5.74) is 2.97. The van der Waals surface area contributed by atoms with Crippen LogP contribution in [0, 0.1) is 5.92 Å². The van der Waals surface area contributed by atoms with Gasteiger partial charge in [-0.1, -0.05) is 24.3 Å². The largest absolute Gasteiger partial charge is 0.381 e. The lowest BCUT2D eigenvalue weighted by Gasteiger charge is -2.39. The van der Waals surface area contributed by atoms with Crippen molar-refractivity contribution in [3.63, 3.8) is 0 Å². The van der Waals surface area contributed by atoms with E-state index in [0.717, 1.165) is 45.4 Å². The van der Waals surface area contributed by atoms with Crippen LogP contribution in [0.2, 0.25) is 0 Å². The third kappa shape index (κ3) is 3.37. The molecule has 2 atom stereocenters. The van der Waals surface area contributed by atoms with E-state index in [2.05, 4.69) is 29.6 Å². The summed E-state index contributed by atoms with van der Waals surface area (Å²) >= 11 is 0. The molecule has 5 nitrogen and oxygen atoms in total. The monoisotopic (exact) mass is 364 g/mol. The van der Waals surface area contributed by atoms with E-state index < -0.39 is 10.0 Å². The average molecular weight is 365 g/mol. The predicted molar refractivity (Wildman–Crippen MR) is 98.1 cm³/mol. The van der Waals surface area contributed by atoms with Crippen LogP contribution < -0.4 is 5.32 Å². The van der Waals surface area contributed by atoms with E-state index in [1.807, 2.05) is 0 Å². The zero-order chi connectivity index (χ0) is 17.5. The number of nitrogens with zero attached hydrogens (tertiary/aromatic N) is 1. The Labute approximate surface area is 150 Å². The van der Waals surface area contributed by atoms with Gasteiger partial charge in [0.25, 0.3) is 0 Å². The van der Waals surface area contributed by atoms with Crippen molar-refractivity contribution in [2.75, 3.05) is 39.1 Å². The number of rotatable bonds is 4. The minimum atomic E-state index is -3.08. The van der Waals surface area contributed by atoms with E-state index >= 15 is 0 Å². The highest BCUT2D eigenvalue weighted by Gasteiger charge is 2.46. The highest BCUT2D eigenvalue weighted by atomic mass is 32.2. The normalized spacial score (nSPS) is 29.2. The van der Waals surface area contributed by atoms with Crippen molar-refractivity contribution in [3.05, 3.63) is 35.4 Å². The second kappa shape index (κ2) is 6.65. The van der Waals surface area contributed by atoms with Gasteiger partial charge in [-0.25, -0.2) is 12.7 Å². The number of hydrogen-bond acceptors (Lipinski definition) is 4. The van der Waals surface area contributed by atoms with Crippen LogP contribution in [0.15, 0.2) is 24.3 Å². The number of benzene rings is 1. The molecular formula is C19H28N2O3S. The molecule has 1 spiro atoms. The number of piperidine rings is 1. The molecule has 2 fully saturated rings. The van der Waals surface area contributed by atoms with Crippen molar-refractivity contribution in [2.45, 2.75) is 37.1 Å². The molecule has 0 aromatic heterocycles. The van der Waals surface area contributed by atoms with Crippen LogP contribution in [-0.2, 0) is 20.2 Å². The van der Waals surface area contributed by atoms with Crippen molar-refractivity contribution in [1.29, 1.82) is 0 Å². The van der Waals surface area contributed by atoms with Crippen molar-refractivity contribution >= 4 is 10.0 Å². The maximum Gasteiger partial charge on any atom is 0.211 e. The lowest BCUT2D eigenvalue weighted by Crippen LogP contribution is -2.44. The molecule has 2 saturated heterocycles. The Balaban J connectivity index is 1.50. The molecule has 1 aromatic carbocycles. The number of hydrogen-bond donors (Lipinski definition) is 1. The minimum Gasteiger partial charge on any atom is -0.381 e. The lowest BCUT2D eigenvalue weighted by molar-refractivity contribution is 0.183. The first-order valence-corrected chi connectivity index (χ1v) is 11.2. The fraction of sp³-hybridized carbons (Fsp3) is 0.684. The van der Waals surface area contributed by atoms with Crippen molar-refractivity contribution in [3.8, 4) is 0 Å². The summed E-state index contributed by atoms with van der Waals surface area (Å²) in [6, 6.07) is 9.12. The average Bonchev–Trinajstić information content (AvgIpc) is 3.20. The molecule has 1 aliphatic carbocycles. The fourth-order valence-corrected chi connectivity index (χ4v) is 5.70. The van der Waals surface area contributed by atoms with Crippen molar-refractivity contribution < 1.29 is 13.2 Å². The third-order valence-electron chi connectivity index (χ3n) is 6.33. The summed E-state index contributed by atoms with van der Waals surface area (Å²) in [5.74, 6) is 0.621. The Bertz CT molecular complexity index is 720. The quantitative estimate of drug-likeness (QED) is 0.888. The number of fused-ring (bicyclic) bond motifs is 2. The molecule has 6 heteroatoms. The SMILES string of the molecule is CS(=O)(=O)N1CCC2(CC1)CC(NCC1CCOC1)c1ccccc12. The van der Waals surface area contributed by atoms with Gasteiger partial charge in [0.1, 0.15) is 0 Å². The molecule has 2 aliphatic heterocycles. The highest BCUT2D eigenvalue weighted by Crippen LogP contribution is 2.50. The molecule has 25 heavy (non-hydrogen) atoms. The number of sulfonamides is 1. The standard InChI is InChI=1S/C19H28N2O3S/c1-25(22,23)21-9-7-19(8-10-21)12-18(16-4-2-3-5-17(16)19)20-13-15-6-11-24-14-15/h2-5,15,18,20H,6-14H2,1H3. The Hall–Kier alpha value is -0.950. The van der Waals surface area contributed by atoms with Crippen LogP contribution in [0.25, 0.3) is 0 Å². The van der Waals surface area contributed by atoms with Gasteiger partial charge in [0.2, 0.25) is 10.0 Å². The zero-order valence-electron chi connectivity index (χ0n) is 14.9. The Kier molecular flexibility index (Phi) is 4.65. The lowest BCUT2D eigenvalue weighted by atomic mass is 9.74. The third-order valence-corrected chi connectivity index (χ3v) is 7.63. The first kappa shape index (κ1) is 17.5. The van der Waals surface area contributed by atoms with Crippen molar-refractivity contribution in [2.24, 2.45) is 5.92 Å². The van der Waals surface area contributed by atoms with Crippen molar-refractivity contribution in [1.82, 2.24) is 9.62 Å². The number of ether oxygens (including phenoxy) is 1. The molecule has 2 unspecified atom stereocenters. The van der Waals surface area contributed by atoms with Crippen LogP contribution in [-0.4, -0.2) is 51.8 Å². The second-order valence-electron chi connectivity index (χ2n) is 7.92. The van der Waals surface area contributed by atoms with Crippen LogP contribution >= 0.6 is 0 Å². The minimum absolute atomic E-state index is 0.127. The maximum atomic E-state index is 11.9. The summed E-state index contributed by atoms with van der Waals surface area (Å²) in [5, 5.41) is 3.78. The van der Waals surface area contributed by atoms with Gasteiger partial charge < -0.3 is 10.1 Å². The molecule has 0 amide bonds. The molecular weight excluding hydrogens is 336 g/mol. The molecule has 0 saturated carbocycles. The Morgan fingerprint density at radius 1 is 1.28 bits per heavy atom. The van der Waals surface area contributed by atoms with Gasteiger partial charge in [0.15, 0.2) is 0 Å². The summed E-state index contributed by atoms with van der Waals surface area (Å²) in [4.78, 5) is 0. The first-order valence-electron chi connectivity index (χ1n) is 9.34. The van der Waals surface area contributed by atoms with E-state index in [1.54, 1.807) is 4.31 Å². The van der Waals surface area contributed by atoms with E-state index in [9.17, 15) is 8.42 Å². The number of nitrogens with one attached hydrogen (secondary N) is 1. The van der Waals surface area contributed by atoms with Gasteiger partial charge in [-0.3, -0.25) is 0 Å². The molecule has 1 N–H and O–H groups in total. The maximum absolute atomic E-state index is 11.9. The van der Waals surface area contributed by atoms with Crippen LogP contribution in [0.3, 0.4) is 0 Å². The summed E-state index contributed by atoms with van der Waals surface area (Å²) in [6.45, 7) is 4.03. The molecule has 0 bridgehead atoms. The van der Waals surface area contributed by atoms with E-state index in [1.165, 1.54) is 17.4 Å². The van der Waals surface area contributed by atoms with Gasteiger partial charge in [-0.05, 0) is 48.1 Å². The van der Waals surface area contributed by atoms with Gasteiger partial charge in [-0.2, -0.15) is 0 Å². The topological polar surface area (TPSA) is 58.6 Å². The Morgan fingerprint density at radius 2 is 2.04 bits per heavy atom. The molecule has 4 rings (SSSR count). The van der Waals surface area contributed by atoms with E-state index in [4.69, 9.17) is 4.74 Å². The first-order chi connectivity index (χ1) is 12.0. The molecule has 2 heterocycles. The van der Waals surface area contributed by atoms with Crippen LogP contribution in [0.1, 0.15) is 42.9 Å². The van der Waals surface area contributed by atoms with Crippen LogP contribution in [0.4, 0.5) is 0 Å². The summed E-state index contributed by atoms with van der Waals surface area (Å²) < 4.78 is 30.8. The van der Waals surface area contributed by atoms with Gasteiger partial charge in [0.05, 0.1) is 12.9 Å². The van der Waals surface area contributed by atoms with E-state index in [-0.39, 0.29) is 5.41 Å². The summed E-state index contributed by atoms with van der Waals surface area (Å²) in [6.07, 6.45) is 5.39. The molecule has 3 aliphatic rings. The zero-order valence-corrected chi connectivity index (χ0v) is 15.7. The smallest absolute Gasteiger partial charge is 0.211 e. The fourth-order valence-electron chi connectivity index (χ4n) is 4.85. The second-order valence-corrected chi connectivity index (χ2v) is 9.91. The molecule has 138 valence electrons. The highest BCUT2D eigenvalue weighted by molar-refractivity contribution is 7.88. The summed E-state index contributed by atoms with van der Waals surface area (Å²) in [7, 11) is -3.08.